The summed E-state index contributed by atoms with van der Waals surface area (Å²) in [6, 6.07) is 0.636. The minimum atomic E-state index is -0.169. The van der Waals surface area contributed by atoms with E-state index in [9.17, 15) is 0 Å². The van der Waals surface area contributed by atoms with Gasteiger partial charge >= 0.3 is 0 Å². The first-order chi connectivity index (χ1) is 7.29. The maximum absolute atomic E-state index is 6.21. The molecule has 0 bridgehead atoms. The standard InChI is InChI=1S/C11H23BN2.C2H6/c1-6-9-7-14(8-13-9)11(4,5)10(2,3)12;1-2/h9,13H,6-8H2,1-5H3;1-2H3. The Bertz CT molecular complexity index is 197. The minimum Gasteiger partial charge on any atom is -0.300 e. The topological polar surface area (TPSA) is 15.3 Å². The minimum absolute atomic E-state index is 0.0456. The van der Waals surface area contributed by atoms with Crippen molar-refractivity contribution in [2.75, 3.05) is 13.2 Å². The highest BCUT2D eigenvalue weighted by Gasteiger charge is 2.40. The molecule has 1 aliphatic rings. The molecular formula is C13H29BN2. The molecule has 0 saturated carbocycles. The highest BCUT2D eigenvalue weighted by atomic mass is 15.3. The van der Waals surface area contributed by atoms with Crippen LogP contribution in [0.4, 0.5) is 0 Å². The van der Waals surface area contributed by atoms with Gasteiger partial charge in [0, 0.05) is 24.8 Å². The predicted molar refractivity (Wildman–Crippen MR) is 74.0 cm³/mol. The van der Waals surface area contributed by atoms with Crippen molar-refractivity contribution in [3.63, 3.8) is 0 Å². The SMILES string of the molecule is CC.[B]C(C)(C)C(C)(C)N1CNC(CC)C1. The van der Waals surface area contributed by atoms with Crippen molar-refractivity contribution in [2.24, 2.45) is 0 Å². The van der Waals surface area contributed by atoms with Crippen LogP contribution in [0.15, 0.2) is 0 Å². The van der Waals surface area contributed by atoms with Gasteiger partial charge in [-0.05, 0) is 20.3 Å². The summed E-state index contributed by atoms with van der Waals surface area (Å²) < 4.78 is 0. The molecule has 1 aliphatic heterocycles. The third-order valence-corrected chi connectivity index (χ3v) is 3.87. The molecule has 1 rings (SSSR count). The van der Waals surface area contributed by atoms with Crippen molar-refractivity contribution in [1.29, 1.82) is 0 Å². The Balaban J connectivity index is 0.00000106. The van der Waals surface area contributed by atoms with Gasteiger partial charge in [0.2, 0.25) is 0 Å². The van der Waals surface area contributed by atoms with Crippen LogP contribution in [0.5, 0.6) is 0 Å². The molecule has 1 heterocycles. The third kappa shape index (κ3) is 3.49. The molecule has 3 heteroatoms. The Labute approximate surface area is 104 Å². The molecule has 1 fully saturated rings. The quantitative estimate of drug-likeness (QED) is 0.741. The maximum Gasteiger partial charge on any atom is 0.0763 e. The Morgan fingerprint density at radius 2 is 1.75 bits per heavy atom. The summed E-state index contributed by atoms with van der Waals surface area (Å²) in [6.45, 7) is 17.0. The first kappa shape index (κ1) is 16.0. The lowest BCUT2D eigenvalue weighted by Crippen LogP contribution is -2.50. The summed E-state index contributed by atoms with van der Waals surface area (Å²) in [6.07, 6.45) is 1.19. The fraction of sp³-hybridized carbons (Fsp3) is 1.00. The van der Waals surface area contributed by atoms with Gasteiger partial charge in [0.05, 0.1) is 7.85 Å². The lowest BCUT2D eigenvalue weighted by molar-refractivity contribution is 0.110. The van der Waals surface area contributed by atoms with Crippen LogP contribution in [0.25, 0.3) is 0 Å². The average molecular weight is 224 g/mol. The molecule has 1 saturated heterocycles. The van der Waals surface area contributed by atoms with Crippen LogP contribution in [0, 0.1) is 0 Å². The smallest absolute Gasteiger partial charge is 0.0763 e. The van der Waals surface area contributed by atoms with Crippen molar-refractivity contribution in [3.8, 4) is 0 Å². The zero-order valence-electron chi connectivity index (χ0n) is 12.2. The van der Waals surface area contributed by atoms with Crippen molar-refractivity contribution >= 4 is 7.85 Å². The van der Waals surface area contributed by atoms with Gasteiger partial charge in [0.25, 0.3) is 0 Å². The van der Waals surface area contributed by atoms with Crippen LogP contribution < -0.4 is 5.32 Å². The van der Waals surface area contributed by atoms with E-state index in [-0.39, 0.29) is 10.9 Å². The van der Waals surface area contributed by atoms with Crippen molar-refractivity contribution < 1.29 is 0 Å². The van der Waals surface area contributed by atoms with E-state index in [4.69, 9.17) is 7.85 Å². The highest BCUT2D eigenvalue weighted by Crippen LogP contribution is 2.39. The first-order valence-corrected chi connectivity index (χ1v) is 6.56. The van der Waals surface area contributed by atoms with Gasteiger partial charge in [0.15, 0.2) is 0 Å². The van der Waals surface area contributed by atoms with Gasteiger partial charge in [-0.3, -0.25) is 4.90 Å². The van der Waals surface area contributed by atoms with Gasteiger partial charge in [-0.15, -0.1) is 0 Å². The molecule has 0 aliphatic carbocycles. The Hall–Kier alpha value is -0.0151. The highest BCUT2D eigenvalue weighted by molar-refractivity contribution is 6.15. The van der Waals surface area contributed by atoms with E-state index in [1.165, 1.54) is 6.42 Å². The van der Waals surface area contributed by atoms with E-state index < -0.39 is 0 Å². The number of nitrogens with one attached hydrogen (secondary N) is 1. The van der Waals surface area contributed by atoms with E-state index in [0.717, 1.165) is 13.2 Å². The third-order valence-electron chi connectivity index (χ3n) is 3.87. The van der Waals surface area contributed by atoms with Crippen LogP contribution in [0.1, 0.15) is 54.9 Å². The van der Waals surface area contributed by atoms with Crippen molar-refractivity contribution in [1.82, 2.24) is 10.2 Å². The van der Waals surface area contributed by atoms with Gasteiger partial charge in [0.1, 0.15) is 0 Å². The molecule has 0 aromatic carbocycles. The molecule has 16 heavy (non-hydrogen) atoms. The van der Waals surface area contributed by atoms with Crippen LogP contribution in [-0.4, -0.2) is 37.5 Å². The Morgan fingerprint density at radius 3 is 2.06 bits per heavy atom. The molecule has 2 radical (unpaired) electrons. The van der Waals surface area contributed by atoms with Gasteiger partial charge in [-0.25, -0.2) is 0 Å². The van der Waals surface area contributed by atoms with Crippen LogP contribution >= 0.6 is 0 Å². The molecule has 2 nitrogen and oxygen atoms in total. The predicted octanol–water partition coefficient (Wildman–Crippen LogP) is 2.80. The molecular weight excluding hydrogens is 195 g/mol. The molecule has 0 aromatic rings. The second-order valence-corrected chi connectivity index (χ2v) is 5.47. The van der Waals surface area contributed by atoms with Crippen molar-refractivity contribution in [2.45, 2.75) is 71.8 Å². The summed E-state index contributed by atoms with van der Waals surface area (Å²) in [7, 11) is 6.21. The molecule has 0 spiro atoms. The normalized spacial score (nSPS) is 22.8. The molecule has 1 N–H and O–H groups in total. The van der Waals surface area contributed by atoms with Gasteiger partial charge in [-0.2, -0.15) is 0 Å². The van der Waals surface area contributed by atoms with Crippen LogP contribution in [0.3, 0.4) is 0 Å². The summed E-state index contributed by atoms with van der Waals surface area (Å²) >= 11 is 0. The van der Waals surface area contributed by atoms with E-state index in [1.54, 1.807) is 0 Å². The molecule has 1 unspecified atom stereocenters. The number of rotatable bonds is 3. The number of hydrogen-bond acceptors (Lipinski definition) is 2. The van der Waals surface area contributed by atoms with E-state index in [0.29, 0.717) is 6.04 Å². The Kier molecular flexibility index (Phi) is 6.06. The first-order valence-electron chi connectivity index (χ1n) is 6.56. The lowest BCUT2D eigenvalue weighted by Gasteiger charge is -2.46. The van der Waals surface area contributed by atoms with Crippen LogP contribution in [0.2, 0.25) is 5.31 Å². The second kappa shape index (κ2) is 6.06. The zero-order valence-corrected chi connectivity index (χ0v) is 12.2. The van der Waals surface area contributed by atoms with Crippen LogP contribution in [-0.2, 0) is 0 Å². The van der Waals surface area contributed by atoms with E-state index >= 15 is 0 Å². The fourth-order valence-electron chi connectivity index (χ4n) is 1.74. The van der Waals surface area contributed by atoms with E-state index in [1.807, 2.05) is 13.8 Å². The molecule has 94 valence electrons. The van der Waals surface area contributed by atoms with E-state index in [2.05, 4.69) is 44.8 Å². The number of hydrogen-bond donors (Lipinski definition) is 1. The zero-order chi connectivity index (χ0) is 13.0. The average Bonchev–Trinajstić information content (AvgIpc) is 2.67. The lowest BCUT2D eigenvalue weighted by atomic mass is 9.60. The summed E-state index contributed by atoms with van der Waals surface area (Å²) in [5, 5.41) is 3.34. The summed E-state index contributed by atoms with van der Waals surface area (Å²) in [5.41, 5.74) is 0.0456. The van der Waals surface area contributed by atoms with Gasteiger partial charge < -0.3 is 5.32 Å². The largest absolute Gasteiger partial charge is 0.300 e. The fourth-order valence-corrected chi connectivity index (χ4v) is 1.74. The number of nitrogens with zero attached hydrogens (tertiary/aromatic N) is 1. The summed E-state index contributed by atoms with van der Waals surface area (Å²) in [4.78, 5) is 2.45. The summed E-state index contributed by atoms with van der Waals surface area (Å²) in [5.74, 6) is 0. The van der Waals surface area contributed by atoms with Gasteiger partial charge in [-0.1, -0.05) is 39.9 Å². The molecule has 0 amide bonds. The Morgan fingerprint density at radius 1 is 1.25 bits per heavy atom. The molecule has 0 aromatic heterocycles. The second-order valence-electron chi connectivity index (χ2n) is 5.47. The molecule has 1 atom stereocenters. The van der Waals surface area contributed by atoms with Crippen molar-refractivity contribution in [3.05, 3.63) is 0 Å². The maximum atomic E-state index is 6.21. The monoisotopic (exact) mass is 224 g/mol.